The van der Waals surface area contributed by atoms with Crippen molar-refractivity contribution in [1.29, 1.82) is 0 Å². The van der Waals surface area contributed by atoms with E-state index in [2.05, 4.69) is 10.5 Å². The van der Waals surface area contributed by atoms with E-state index >= 15 is 0 Å². The van der Waals surface area contributed by atoms with Gasteiger partial charge in [-0.1, -0.05) is 23.2 Å². The van der Waals surface area contributed by atoms with Gasteiger partial charge in [-0.2, -0.15) is 5.10 Å². The second-order valence-electron chi connectivity index (χ2n) is 4.92. The van der Waals surface area contributed by atoms with Crippen molar-refractivity contribution in [2.75, 3.05) is 13.7 Å². The molecule has 26 heavy (non-hydrogen) atoms. The minimum absolute atomic E-state index is 0.215. The Morgan fingerprint density at radius 3 is 2.62 bits per heavy atom. The number of aliphatic carboxylic acids is 1. The van der Waals surface area contributed by atoms with Crippen LogP contribution in [0.4, 0.5) is 0 Å². The molecule has 0 radical (unpaired) electrons. The quantitative estimate of drug-likeness (QED) is 0.552. The van der Waals surface area contributed by atoms with Crippen LogP contribution < -0.4 is 14.9 Å². The molecule has 1 amide bonds. The van der Waals surface area contributed by atoms with E-state index < -0.39 is 18.5 Å². The van der Waals surface area contributed by atoms with Gasteiger partial charge in [0.1, 0.15) is 0 Å². The zero-order chi connectivity index (χ0) is 19.1. The summed E-state index contributed by atoms with van der Waals surface area (Å²) in [6.07, 6.45) is 1.39. The molecule has 0 unspecified atom stereocenters. The topological polar surface area (TPSA) is 97.2 Å². The first-order valence-electron chi connectivity index (χ1n) is 7.22. The molecule has 0 aliphatic heterocycles. The number of ether oxygens (including phenoxy) is 2. The van der Waals surface area contributed by atoms with Crippen molar-refractivity contribution in [2.45, 2.75) is 0 Å². The van der Waals surface area contributed by atoms with Crippen LogP contribution in [0.15, 0.2) is 41.5 Å². The fourth-order valence-corrected chi connectivity index (χ4v) is 2.42. The lowest BCUT2D eigenvalue weighted by Crippen LogP contribution is -2.18. The van der Waals surface area contributed by atoms with Gasteiger partial charge in [0.2, 0.25) is 0 Å². The van der Waals surface area contributed by atoms with Crippen LogP contribution >= 0.6 is 23.2 Å². The van der Waals surface area contributed by atoms with Gasteiger partial charge >= 0.3 is 5.97 Å². The summed E-state index contributed by atoms with van der Waals surface area (Å²) in [6, 6.07) is 9.26. The summed E-state index contributed by atoms with van der Waals surface area (Å²) >= 11 is 11.7. The van der Waals surface area contributed by atoms with Crippen LogP contribution in [0, 0.1) is 0 Å². The molecule has 0 aromatic heterocycles. The molecule has 0 aliphatic rings. The fraction of sp³-hybridized carbons (Fsp3) is 0.118. The highest BCUT2D eigenvalue weighted by atomic mass is 35.5. The maximum atomic E-state index is 12.0. The zero-order valence-electron chi connectivity index (χ0n) is 13.5. The zero-order valence-corrected chi connectivity index (χ0v) is 15.0. The molecule has 0 heterocycles. The Hall–Kier alpha value is -2.77. The van der Waals surface area contributed by atoms with Crippen LogP contribution in [0.5, 0.6) is 11.5 Å². The SMILES string of the molecule is COc1cc(/C=N/NC(=O)c2ccc(Cl)cc2Cl)ccc1OCC(=O)O. The van der Waals surface area contributed by atoms with Crippen molar-refractivity contribution in [3.8, 4) is 11.5 Å². The van der Waals surface area contributed by atoms with E-state index in [9.17, 15) is 9.59 Å². The number of carbonyl (C=O) groups is 2. The molecule has 2 rings (SSSR count). The number of rotatable bonds is 7. The van der Waals surface area contributed by atoms with Crippen molar-refractivity contribution in [3.05, 3.63) is 57.6 Å². The Kier molecular flexibility index (Phi) is 6.82. The van der Waals surface area contributed by atoms with E-state index in [1.54, 1.807) is 24.3 Å². The molecule has 9 heteroatoms. The molecular weight excluding hydrogens is 383 g/mol. The lowest BCUT2D eigenvalue weighted by molar-refractivity contribution is -0.139. The number of hydrogen-bond acceptors (Lipinski definition) is 5. The summed E-state index contributed by atoms with van der Waals surface area (Å²) in [5, 5.41) is 13.1. The second-order valence-corrected chi connectivity index (χ2v) is 5.76. The largest absolute Gasteiger partial charge is 0.493 e. The minimum Gasteiger partial charge on any atom is -0.493 e. The number of carbonyl (C=O) groups excluding carboxylic acids is 1. The van der Waals surface area contributed by atoms with Gasteiger partial charge in [-0.05, 0) is 42.0 Å². The standard InChI is InChI=1S/C17H14Cl2N2O5/c1-25-15-6-10(2-5-14(15)26-9-16(22)23)8-20-21-17(24)12-4-3-11(18)7-13(12)19/h2-8H,9H2,1H3,(H,21,24)(H,22,23)/b20-8+. The van der Waals surface area contributed by atoms with Gasteiger partial charge in [0.05, 0.1) is 23.9 Å². The smallest absolute Gasteiger partial charge is 0.341 e. The summed E-state index contributed by atoms with van der Waals surface area (Å²) in [7, 11) is 1.42. The number of amides is 1. The van der Waals surface area contributed by atoms with Crippen LogP contribution in [0.25, 0.3) is 0 Å². The van der Waals surface area contributed by atoms with Gasteiger partial charge in [-0.3, -0.25) is 4.79 Å². The van der Waals surface area contributed by atoms with E-state index in [4.69, 9.17) is 37.8 Å². The third kappa shape index (κ3) is 5.37. The summed E-state index contributed by atoms with van der Waals surface area (Å²) in [4.78, 5) is 22.6. The van der Waals surface area contributed by atoms with Gasteiger partial charge in [0, 0.05) is 5.02 Å². The third-order valence-electron chi connectivity index (χ3n) is 3.09. The van der Waals surface area contributed by atoms with Crippen LogP contribution in [0.1, 0.15) is 15.9 Å². The molecule has 2 aromatic carbocycles. The van der Waals surface area contributed by atoms with Crippen molar-refractivity contribution >= 4 is 41.3 Å². The molecule has 0 saturated carbocycles. The summed E-state index contributed by atoms with van der Waals surface area (Å²) < 4.78 is 10.2. The van der Waals surface area contributed by atoms with Gasteiger partial charge in [0.25, 0.3) is 5.91 Å². The lowest BCUT2D eigenvalue weighted by Gasteiger charge is -2.09. The van der Waals surface area contributed by atoms with Crippen molar-refractivity contribution in [3.63, 3.8) is 0 Å². The number of methoxy groups -OCH3 is 1. The molecule has 0 bridgehead atoms. The predicted octanol–water partition coefficient (Wildman–Crippen LogP) is 3.23. The highest BCUT2D eigenvalue weighted by Crippen LogP contribution is 2.27. The Morgan fingerprint density at radius 1 is 1.19 bits per heavy atom. The number of hydrazone groups is 1. The normalized spacial score (nSPS) is 10.6. The molecule has 0 atom stereocenters. The Labute approximate surface area is 159 Å². The maximum Gasteiger partial charge on any atom is 0.341 e. The number of carboxylic acids is 1. The van der Waals surface area contributed by atoms with E-state index in [0.717, 1.165) is 0 Å². The van der Waals surface area contributed by atoms with Gasteiger partial charge < -0.3 is 14.6 Å². The Morgan fingerprint density at radius 2 is 1.96 bits per heavy atom. The summed E-state index contributed by atoms with van der Waals surface area (Å²) in [5.41, 5.74) is 3.20. The first-order chi connectivity index (χ1) is 12.4. The Bertz CT molecular complexity index is 855. The first-order valence-corrected chi connectivity index (χ1v) is 7.97. The van der Waals surface area contributed by atoms with Crippen molar-refractivity contribution in [2.24, 2.45) is 5.10 Å². The summed E-state index contributed by atoms with van der Waals surface area (Å²) in [5.74, 6) is -0.969. The van der Waals surface area contributed by atoms with E-state index in [1.165, 1.54) is 25.5 Å². The third-order valence-corrected chi connectivity index (χ3v) is 3.64. The number of carboxylic acid groups (broad SMARTS) is 1. The minimum atomic E-state index is -1.10. The number of hydrogen-bond donors (Lipinski definition) is 2. The highest BCUT2D eigenvalue weighted by Gasteiger charge is 2.10. The fourth-order valence-electron chi connectivity index (χ4n) is 1.92. The van der Waals surface area contributed by atoms with Gasteiger partial charge in [-0.15, -0.1) is 0 Å². The predicted molar refractivity (Wildman–Crippen MR) is 97.6 cm³/mol. The molecule has 0 aliphatic carbocycles. The van der Waals surface area contributed by atoms with Gasteiger partial charge in [0.15, 0.2) is 18.1 Å². The van der Waals surface area contributed by atoms with Crippen molar-refractivity contribution in [1.82, 2.24) is 5.43 Å². The molecular formula is C17H14Cl2N2O5. The van der Waals surface area contributed by atoms with Crippen molar-refractivity contribution < 1.29 is 24.2 Å². The molecule has 2 N–H and O–H groups in total. The molecule has 0 saturated heterocycles. The molecule has 136 valence electrons. The van der Waals surface area contributed by atoms with E-state index in [0.29, 0.717) is 16.3 Å². The number of halogens is 2. The number of benzene rings is 2. The van der Waals surface area contributed by atoms with Crippen LogP contribution in [0.2, 0.25) is 10.0 Å². The maximum absolute atomic E-state index is 12.0. The average Bonchev–Trinajstić information content (AvgIpc) is 2.60. The first kappa shape index (κ1) is 19.6. The van der Waals surface area contributed by atoms with E-state index in [1.807, 2.05) is 0 Å². The van der Waals surface area contributed by atoms with E-state index in [-0.39, 0.29) is 16.3 Å². The molecule has 2 aromatic rings. The monoisotopic (exact) mass is 396 g/mol. The Balaban J connectivity index is 2.05. The van der Waals surface area contributed by atoms with Crippen LogP contribution in [-0.4, -0.2) is 36.9 Å². The number of nitrogens with one attached hydrogen (secondary N) is 1. The lowest BCUT2D eigenvalue weighted by atomic mass is 10.2. The van der Waals surface area contributed by atoms with Crippen LogP contribution in [0.3, 0.4) is 0 Å². The highest BCUT2D eigenvalue weighted by molar-refractivity contribution is 6.36. The number of nitrogens with zero attached hydrogens (tertiary/aromatic N) is 1. The van der Waals surface area contributed by atoms with Crippen LogP contribution in [-0.2, 0) is 4.79 Å². The molecule has 0 spiro atoms. The second kappa shape index (κ2) is 9.07. The van der Waals surface area contributed by atoms with Gasteiger partial charge in [-0.25, -0.2) is 10.2 Å². The average molecular weight is 397 g/mol. The summed E-state index contributed by atoms with van der Waals surface area (Å²) in [6.45, 7) is -0.484. The molecule has 0 fully saturated rings. The molecule has 7 nitrogen and oxygen atoms in total.